The van der Waals surface area contributed by atoms with Crippen molar-refractivity contribution in [1.29, 1.82) is 0 Å². The minimum atomic E-state index is -0.522. The Labute approximate surface area is 149 Å². The van der Waals surface area contributed by atoms with E-state index < -0.39 is 4.92 Å². The number of nitrogens with two attached hydrogens (primary N) is 1. The first-order chi connectivity index (χ1) is 11.9. The van der Waals surface area contributed by atoms with Crippen LogP contribution in [0.2, 0.25) is 0 Å². The molecule has 2 aromatic rings. The third kappa shape index (κ3) is 4.92. The Hall–Kier alpha value is -2.62. The number of anilines is 1. The molecule has 3 N–H and O–H groups in total. The lowest BCUT2D eigenvalue weighted by Crippen LogP contribution is -2.17. The summed E-state index contributed by atoms with van der Waals surface area (Å²) >= 11 is 1.13. The molecule has 0 aliphatic rings. The topological polar surface area (TPSA) is 129 Å². The van der Waals surface area contributed by atoms with Crippen LogP contribution in [0.4, 0.5) is 11.4 Å². The summed E-state index contributed by atoms with van der Waals surface area (Å²) < 4.78 is 1.38. The van der Waals surface area contributed by atoms with Crippen LogP contribution in [0.5, 0.6) is 0 Å². The molecule has 0 spiro atoms. The second-order valence-electron chi connectivity index (χ2n) is 5.49. The van der Waals surface area contributed by atoms with Crippen molar-refractivity contribution < 1.29 is 9.72 Å². The number of aromatic nitrogens is 3. The first-order valence-corrected chi connectivity index (χ1v) is 8.78. The van der Waals surface area contributed by atoms with Gasteiger partial charge in [0.05, 0.1) is 10.7 Å². The number of hydrogen-bond acceptors (Lipinski definition) is 7. The zero-order valence-electron chi connectivity index (χ0n) is 14.1. The van der Waals surface area contributed by atoms with Crippen LogP contribution in [0.1, 0.15) is 31.2 Å². The highest BCUT2D eigenvalue weighted by Gasteiger charge is 2.17. The van der Waals surface area contributed by atoms with Crippen molar-refractivity contribution in [3.05, 3.63) is 39.7 Å². The molecule has 0 aliphatic carbocycles. The molecule has 2 rings (SSSR count). The standard InChI is InChI=1S/C15H20N6O3S/c1-3-4-5-13-18-19-15(20(13)16)25-9-14(22)17-11-7-6-10(2)8-12(11)21(23)24/h6-8H,3-5,9,16H2,1-2H3,(H,17,22). The lowest BCUT2D eigenvalue weighted by atomic mass is 10.2. The molecule has 0 radical (unpaired) electrons. The molecular formula is C15H20N6O3S. The van der Waals surface area contributed by atoms with Gasteiger partial charge in [-0.15, -0.1) is 10.2 Å². The lowest BCUT2D eigenvalue weighted by Gasteiger charge is -2.07. The lowest BCUT2D eigenvalue weighted by molar-refractivity contribution is -0.384. The molecule has 0 aliphatic heterocycles. The Balaban J connectivity index is 1.98. The molecule has 1 aromatic carbocycles. The molecule has 0 saturated heterocycles. The van der Waals surface area contributed by atoms with Crippen LogP contribution in [0.25, 0.3) is 0 Å². The molecule has 9 nitrogen and oxygen atoms in total. The number of aryl methyl sites for hydroxylation is 2. The van der Waals surface area contributed by atoms with Gasteiger partial charge in [0.15, 0.2) is 5.82 Å². The molecular weight excluding hydrogens is 344 g/mol. The molecule has 1 heterocycles. The van der Waals surface area contributed by atoms with Crippen molar-refractivity contribution in [1.82, 2.24) is 14.9 Å². The Kier molecular flexibility index (Phi) is 6.34. The first kappa shape index (κ1) is 18.7. The van der Waals surface area contributed by atoms with Crippen LogP contribution in [-0.4, -0.2) is 31.5 Å². The number of carbonyl (C=O) groups excluding carboxylic acids is 1. The fourth-order valence-corrected chi connectivity index (χ4v) is 2.80. The van der Waals surface area contributed by atoms with Gasteiger partial charge in [0, 0.05) is 12.5 Å². The van der Waals surface area contributed by atoms with E-state index in [4.69, 9.17) is 5.84 Å². The van der Waals surface area contributed by atoms with Crippen molar-refractivity contribution in [3.8, 4) is 0 Å². The number of nitro groups is 1. The second-order valence-corrected chi connectivity index (χ2v) is 6.43. The number of thioether (sulfide) groups is 1. The van der Waals surface area contributed by atoms with E-state index in [0.29, 0.717) is 11.0 Å². The van der Waals surface area contributed by atoms with E-state index in [1.165, 1.54) is 16.8 Å². The van der Waals surface area contributed by atoms with E-state index >= 15 is 0 Å². The van der Waals surface area contributed by atoms with Crippen LogP contribution in [-0.2, 0) is 11.2 Å². The fourth-order valence-electron chi connectivity index (χ4n) is 2.13. The van der Waals surface area contributed by atoms with Gasteiger partial charge >= 0.3 is 0 Å². The summed E-state index contributed by atoms with van der Waals surface area (Å²) in [5.74, 6) is 6.22. The molecule has 1 amide bonds. The number of hydrogen-bond donors (Lipinski definition) is 2. The molecule has 0 unspecified atom stereocenters. The van der Waals surface area contributed by atoms with Gasteiger partial charge in [0.25, 0.3) is 5.69 Å². The molecule has 25 heavy (non-hydrogen) atoms. The van der Waals surface area contributed by atoms with Gasteiger partial charge in [0.1, 0.15) is 5.69 Å². The van der Waals surface area contributed by atoms with Gasteiger partial charge in [-0.25, -0.2) is 4.68 Å². The number of nitrogens with zero attached hydrogens (tertiary/aromatic N) is 4. The molecule has 1 aromatic heterocycles. The summed E-state index contributed by atoms with van der Waals surface area (Å²) in [6.07, 6.45) is 2.70. The SMILES string of the molecule is CCCCc1nnc(SCC(=O)Nc2ccc(C)cc2[N+](=O)[O-])n1N. The van der Waals surface area contributed by atoms with Crippen molar-refractivity contribution in [3.63, 3.8) is 0 Å². The minimum Gasteiger partial charge on any atom is -0.336 e. The number of carbonyl (C=O) groups is 1. The molecule has 10 heteroatoms. The second kappa shape index (κ2) is 8.47. The average Bonchev–Trinajstić information content (AvgIpc) is 2.92. The van der Waals surface area contributed by atoms with E-state index in [9.17, 15) is 14.9 Å². The van der Waals surface area contributed by atoms with Crippen LogP contribution in [0.15, 0.2) is 23.4 Å². The number of benzene rings is 1. The van der Waals surface area contributed by atoms with Crippen molar-refractivity contribution >= 4 is 29.0 Å². The Morgan fingerprint density at radius 2 is 2.20 bits per heavy atom. The molecule has 0 bridgehead atoms. The predicted molar refractivity (Wildman–Crippen MR) is 96.0 cm³/mol. The van der Waals surface area contributed by atoms with Crippen LogP contribution in [0.3, 0.4) is 0 Å². The zero-order valence-corrected chi connectivity index (χ0v) is 14.9. The van der Waals surface area contributed by atoms with E-state index in [0.717, 1.165) is 36.6 Å². The first-order valence-electron chi connectivity index (χ1n) is 7.79. The normalized spacial score (nSPS) is 10.6. The highest BCUT2D eigenvalue weighted by Crippen LogP contribution is 2.25. The number of nitro benzene ring substituents is 1. The Bertz CT molecular complexity index is 777. The van der Waals surface area contributed by atoms with Gasteiger partial charge < -0.3 is 11.2 Å². The molecule has 0 atom stereocenters. The largest absolute Gasteiger partial charge is 0.336 e. The van der Waals surface area contributed by atoms with Crippen molar-refractivity contribution in [2.45, 2.75) is 38.3 Å². The van der Waals surface area contributed by atoms with Gasteiger partial charge in [-0.3, -0.25) is 14.9 Å². The van der Waals surface area contributed by atoms with Crippen molar-refractivity contribution in [2.24, 2.45) is 0 Å². The average molecular weight is 364 g/mol. The van der Waals surface area contributed by atoms with E-state index in [1.807, 2.05) is 0 Å². The maximum atomic E-state index is 12.1. The third-order valence-corrected chi connectivity index (χ3v) is 4.39. The van der Waals surface area contributed by atoms with E-state index in [-0.39, 0.29) is 23.0 Å². The van der Waals surface area contributed by atoms with Crippen LogP contribution in [0, 0.1) is 17.0 Å². The zero-order chi connectivity index (χ0) is 18.4. The van der Waals surface area contributed by atoms with Crippen LogP contribution < -0.4 is 11.2 Å². The number of rotatable bonds is 8. The Morgan fingerprint density at radius 1 is 1.44 bits per heavy atom. The van der Waals surface area contributed by atoms with Crippen molar-refractivity contribution in [2.75, 3.05) is 16.9 Å². The molecule has 134 valence electrons. The summed E-state index contributed by atoms with van der Waals surface area (Å²) in [7, 11) is 0. The summed E-state index contributed by atoms with van der Waals surface area (Å²) in [6.45, 7) is 3.82. The summed E-state index contributed by atoms with van der Waals surface area (Å²) in [5, 5.41) is 22.0. The maximum Gasteiger partial charge on any atom is 0.293 e. The Morgan fingerprint density at radius 3 is 2.88 bits per heavy atom. The minimum absolute atomic E-state index is 0.0220. The van der Waals surface area contributed by atoms with Crippen LogP contribution >= 0.6 is 11.8 Å². The summed E-state index contributed by atoms with van der Waals surface area (Å²) in [6, 6.07) is 4.63. The smallest absolute Gasteiger partial charge is 0.293 e. The number of nitrogens with one attached hydrogen (secondary N) is 1. The van der Waals surface area contributed by atoms with Gasteiger partial charge in [0.2, 0.25) is 11.1 Å². The molecule has 0 saturated carbocycles. The summed E-state index contributed by atoms with van der Waals surface area (Å²) in [5.41, 5.74) is 0.774. The quantitative estimate of drug-likeness (QED) is 0.318. The van der Waals surface area contributed by atoms with Gasteiger partial charge in [-0.1, -0.05) is 31.2 Å². The highest BCUT2D eigenvalue weighted by molar-refractivity contribution is 7.99. The van der Waals surface area contributed by atoms with Gasteiger partial charge in [-0.05, 0) is 25.0 Å². The maximum absolute atomic E-state index is 12.1. The molecule has 0 fully saturated rings. The summed E-state index contributed by atoms with van der Waals surface area (Å²) in [4.78, 5) is 22.6. The van der Waals surface area contributed by atoms with Gasteiger partial charge in [-0.2, -0.15) is 0 Å². The number of amides is 1. The fraction of sp³-hybridized carbons (Fsp3) is 0.400. The van der Waals surface area contributed by atoms with E-state index in [2.05, 4.69) is 22.4 Å². The number of nitrogen functional groups attached to an aromatic ring is 1. The highest BCUT2D eigenvalue weighted by atomic mass is 32.2. The predicted octanol–water partition coefficient (Wildman–Crippen LogP) is 2.28. The monoisotopic (exact) mass is 364 g/mol. The van der Waals surface area contributed by atoms with E-state index in [1.54, 1.807) is 13.0 Å². The third-order valence-electron chi connectivity index (χ3n) is 3.45. The number of unbranched alkanes of at least 4 members (excludes halogenated alkanes) is 1.